The fraction of sp³-hybridized carbons (Fsp3) is 0.750. The highest BCUT2D eigenvalue weighted by atomic mass is 79.9. The Morgan fingerprint density at radius 1 is 1.00 bits per heavy atom. The number of cyclic esters (lactones) is 2. The normalized spacial score (nSPS) is 44.5. The largest absolute Gasteiger partial charge is 0.393 e. The lowest BCUT2D eigenvalue weighted by atomic mass is 9.81. The van der Waals surface area contributed by atoms with Gasteiger partial charge in [-0.25, -0.2) is 0 Å². The van der Waals surface area contributed by atoms with Gasteiger partial charge in [0, 0.05) is 9.65 Å². The molecule has 13 heavy (non-hydrogen) atoms. The van der Waals surface area contributed by atoms with Crippen LogP contribution >= 0.6 is 31.9 Å². The van der Waals surface area contributed by atoms with Crippen molar-refractivity contribution in [2.24, 2.45) is 11.8 Å². The fourth-order valence-corrected chi connectivity index (χ4v) is 3.12. The van der Waals surface area contributed by atoms with Gasteiger partial charge in [0.2, 0.25) is 0 Å². The molecule has 2 aliphatic rings. The summed E-state index contributed by atoms with van der Waals surface area (Å²) in [4.78, 5) is 22.9. The minimum absolute atomic E-state index is 0.217. The van der Waals surface area contributed by atoms with Crippen molar-refractivity contribution in [2.45, 2.75) is 22.5 Å². The zero-order chi connectivity index (χ0) is 9.59. The Labute approximate surface area is 92.5 Å². The number of hydrogen-bond acceptors (Lipinski definition) is 3. The summed E-state index contributed by atoms with van der Waals surface area (Å²) in [5.41, 5.74) is 0. The third-order valence-electron chi connectivity index (χ3n) is 2.64. The molecule has 1 aliphatic carbocycles. The molecule has 0 aromatic rings. The zero-order valence-electron chi connectivity index (χ0n) is 6.70. The van der Waals surface area contributed by atoms with Gasteiger partial charge in [-0.3, -0.25) is 9.59 Å². The SMILES string of the molecule is O=C1OC(=O)[C@@H]2C[C@H](Br)[C@@H](Br)C[C@H]12. The molecule has 1 heterocycles. The van der Waals surface area contributed by atoms with Crippen molar-refractivity contribution >= 4 is 43.8 Å². The second-order valence-electron chi connectivity index (χ2n) is 3.46. The topological polar surface area (TPSA) is 43.4 Å². The van der Waals surface area contributed by atoms with Gasteiger partial charge in [0.25, 0.3) is 0 Å². The number of carbonyl (C=O) groups is 2. The number of esters is 2. The lowest BCUT2D eigenvalue weighted by Crippen LogP contribution is -2.34. The van der Waals surface area contributed by atoms with Crippen LogP contribution in [0, 0.1) is 11.8 Å². The van der Waals surface area contributed by atoms with Crippen LogP contribution in [-0.4, -0.2) is 21.6 Å². The van der Waals surface area contributed by atoms with E-state index in [1.54, 1.807) is 0 Å². The molecule has 0 radical (unpaired) electrons. The number of ether oxygens (including phenoxy) is 1. The van der Waals surface area contributed by atoms with Crippen LogP contribution in [0.15, 0.2) is 0 Å². The molecular weight excluding hydrogens is 304 g/mol. The van der Waals surface area contributed by atoms with E-state index >= 15 is 0 Å². The van der Waals surface area contributed by atoms with Crippen LogP contribution in [0.2, 0.25) is 0 Å². The Kier molecular flexibility index (Phi) is 2.49. The molecular formula is C8H8Br2O3. The van der Waals surface area contributed by atoms with E-state index in [9.17, 15) is 9.59 Å². The number of rotatable bonds is 0. The van der Waals surface area contributed by atoms with E-state index in [4.69, 9.17) is 0 Å². The summed E-state index contributed by atoms with van der Waals surface area (Å²) in [7, 11) is 0. The van der Waals surface area contributed by atoms with Crippen LogP contribution in [0.25, 0.3) is 0 Å². The van der Waals surface area contributed by atoms with Crippen LogP contribution in [0.1, 0.15) is 12.8 Å². The van der Waals surface area contributed by atoms with E-state index in [1.807, 2.05) is 0 Å². The van der Waals surface area contributed by atoms with E-state index in [1.165, 1.54) is 0 Å². The predicted octanol–water partition coefficient (Wildman–Crippen LogP) is 1.62. The first kappa shape index (κ1) is 9.65. The second kappa shape index (κ2) is 3.35. The Morgan fingerprint density at radius 3 is 1.77 bits per heavy atom. The number of alkyl halides is 2. The van der Waals surface area contributed by atoms with Crippen LogP contribution in [0.3, 0.4) is 0 Å². The number of halogens is 2. The van der Waals surface area contributed by atoms with Crippen LogP contribution in [0.5, 0.6) is 0 Å². The molecule has 2 rings (SSSR count). The molecule has 0 aromatic carbocycles. The second-order valence-corrected chi connectivity index (χ2v) is 5.81. The molecule has 0 N–H and O–H groups in total. The predicted molar refractivity (Wildman–Crippen MR) is 52.7 cm³/mol. The first-order valence-corrected chi connectivity index (χ1v) is 5.96. The van der Waals surface area contributed by atoms with Crippen LogP contribution in [-0.2, 0) is 14.3 Å². The zero-order valence-corrected chi connectivity index (χ0v) is 9.88. The lowest BCUT2D eigenvalue weighted by Gasteiger charge is -2.28. The molecule has 0 bridgehead atoms. The summed E-state index contributed by atoms with van der Waals surface area (Å²) in [6.07, 6.45) is 1.37. The first-order valence-electron chi connectivity index (χ1n) is 4.13. The van der Waals surface area contributed by atoms with Crippen LogP contribution < -0.4 is 0 Å². The first-order chi connectivity index (χ1) is 6.09. The number of hydrogen-bond donors (Lipinski definition) is 0. The molecule has 0 spiro atoms. The molecule has 1 saturated heterocycles. The Hall–Kier alpha value is 0.1000. The standard InChI is InChI=1S/C8H8Br2O3/c9-5-1-3-4(2-6(5)10)8(12)13-7(3)11/h3-6H,1-2H2/t3-,4+,5-,6-/m0/s1. The molecule has 2 fully saturated rings. The van der Waals surface area contributed by atoms with Crippen molar-refractivity contribution in [3.63, 3.8) is 0 Å². The molecule has 72 valence electrons. The minimum Gasteiger partial charge on any atom is -0.393 e. The maximum atomic E-state index is 11.2. The Morgan fingerprint density at radius 2 is 1.38 bits per heavy atom. The van der Waals surface area contributed by atoms with Gasteiger partial charge in [-0.1, -0.05) is 31.9 Å². The van der Waals surface area contributed by atoms with Crippen molar-refractivity contribution in [1.29, 1.82) is 0 Å². The summed E-state index contributed by atoms with van der Waals surface area (Å²) >= 11 is 6.94. The van der Waals surface area contributed by atoms with Gasteiger partial charge in [0.05, 0.1) is 11.8 Å². The van der Waals surface area contributed by atoms with Gasteiger partial charge in [0.1, 0.15) is 0 Å². The summed E-state index contributed by atoms with van der Waals surface area (Å²) < 4.78 is 4.59. The average Bonchev–Trinajstić information content (AvgIpc) is 2.31. The van der Waals surface area contributed by atoms with Gasteiger partial charge in [-0.2, -0.15) is 0 Å². The Bertz CT molecular complexity index is 240. The quantitative estimate of drug-likeness (QED) is 0.388. The molecule has 1 aliphatic heterocycles. The smallest absolute Gasteiger partial charge is 0.317 e. The molecule has 4 atom stereocenters. The fourth-order valence-electron chi connectivity index (χ4n) is 1.88. The minimum atomic E-state index is -0.348. The van der Waals surface area contributed by atoms with Gasteiger partial charge in [-0.05, 0) is 12.8 Å². The number of fused-ring (bicyclic) bond motifs is 1. The number of carbonyl (C=O) groups excluding carboxylic acids is 2. The van der Waals surface area contributed by atoms with Crippen LogP contribution in [0.4, 0.5) is 0 Å². The summed E-state index contributed by atoms with van der Waals surface area (Å²) in [6, 6.07) is 0. The highest BCUT2D eigenvalue weighted by Gasteiger charge is 2.49. The highest BCUT2D eigenvalue weighted by Crippen LogP contribution is 2.41. The molecule has 0 unspecified atom stereocenters. The van der Waals surface area contributed by atoms with Crippen molar-refractivity contribution in [3.05, 3.63) is 0 Å². The maximum absolute atomic E-state index is 11.2. The van der Waals surface area contributed by atoms with Crippen molar-refractivity contribution in [1.82, 2.24) is 0 Å². The molecule has 0 amide bonds. The van der Waals surface area contributed by atoms with Gasteiger partial charge in [0.15, 0.2) is 0 Å². The van der Waals surface area contributed by atoms with Gasteiger partial charge in [-0.15, -0.1) is 0 Å². The molecule has 5 heteroatoms. The van der Waals surface area contributed by atoms with E-state index in [0.717, 1.165) is 0 Å². The highest BCUT2D eigenvalue weighted by molar-refractivity contribution is 9.12. The monoisotopic (exact) mass is 310 g/mol. The maximum Gasteiger partial charge on any atom is 0.317 e. The van der Waals surface area contributed by atoms with E-state index < -0.39 is 0 Å². The van der Waals surface area contributed by atoms with Crippen molar-refractivity contribution < 1.29 is 14.3 Å². The summed E-state index contributed by atoms with van der Waals surface area (Å²) in [5.74, 6) is -1.13. The summed E-state index contributed by atoms with van der Waals surface area (Å²) in [5, 5.41) is 0. The molecule has 0 aromatic heterocycles. The van der Waals surface area contributed by atoms with Crippen molar-refractivity contribution in [2.75, 3.05) is 0 Å². The molecule has 3 nitrogen and oxygen atoms in total. The average molecular weight is 312 g/mol. The molecule has 1 saturated carbocycles. The lowest BCUT2D eigenvalue weighted by molar-refractivity contribution is -0.153. The van der Waals surface area contributed by atoms with E-state index in [-0.39, 0.29) is 33.4 Å². The van der Waals surface area contributed by atoms with Gasteiger partial charge >= 0.3 is 11.9 Å². The summed E-state index contributed by atoms with van der Waals surface area (Å²) in [6.45, 7) is 0. The van der Waals surface area contributed by atoms with E-state index in [2.05, 4.69) is 36.6 Å². The van der Waals surface area contributed by atoms with Crippen molar-refractivity contribution in [3.8, 4) is 0 Å². The Balaban J connectivity index is 2.19. The van der Waals surface area contributed by atoms with Gasteiger partial charge < -0.3 is 4.74 Å². The third kappa shape index (κ3) is 1.56. The third-order valence-corrected chi connectivity index (χ3v) is 5.38. The van der Waals surface area contributed by atoms with E-state index in [0.29, 0.717) is 12.8 Å².